The zero-order valence-electron chi connectivity index (χ0n) is 19.3. The summed E-state index contributed by atoms with van der Waals surface area (Å²) in [6.07, 6.45) is -0.673. The van der Waals surface area contributed by atoms with Crippen LogP contribution in [0.3, 0.4) is 0 Å². The molecule has 0 spiro atoms. The van der Waals surface area contributed by atoms with Gasteiger partial charge in [0, 0.05) is 24.8 Å². The first-order chi connectivity index (χ1) is 16.0. The Morgan fingerprint density at radius 2 is 2.03 bits per heavy atom. The molecule has 0 bridgehead atoms. The molecular weight excluding hydrogens is 446 g/mol. The number of rotatable bonds is 6. The largest absolute Gasteiger partial charge is 0.480 e. The van der Waals surface area contributed by atoms with E-state index in [2.05, 4.69) is 13.2 Å². The molecule has 2 saturated heterocycles. The van der Waals surface area contributed by atoms with Gasteiger partial charge < -0.3 is 29.9 Å². The van der Waals surface area contributed by atoms with Crippen LogP contribution in [-0.4, -0.2) is 92.9 Å². The van der Waals surface area contributed by atoms with Gasteiger partial charge in [-0.2, -0.15) is 0 Å². The van der Waals surface area contributed by atoms with E-state index in [9.17, 15) is 34.8 Å². The summed E-state index contributed by atoms with van der Waals surface area (Å²) in [5, 5.41) is 39.7. The quantitative estimate of drug-likeness (QED) is 0.299. The van der Waals surface area contributed by atoms with Gasteiger partial charge in [-0.15, -0.1) is 0 Å². The first-order valence-electron chi connectivity index (χ1n) is 11.7. The van der Waals surface area contributed by atoms with Gasteiger partial charge in [-0.1, -0.05) is 18.7 Å². The predicted molar refractivity (Wildman–Crippen MR) is 117 cm³/mol. The van der Waals surface area contributed by atoms with Crippen LogP contribution in [0.5, 0.6) is 0 Å². The molecule has 9 unspecified atom stereocenters. The molecule has 10 heteroatoms. The SMILES string of the molecule is C=C1CC(OC(=O)C(C)(O)CO)C2C(CN3CCCC3C(=O)O)C(=O)OC2C2C(=C)C(O)CC12. The highest BCUT2D eigenvalue weighted by atomic mass is 16.6. The number of carbonyl (C=O) groups is 3. The molecule has 4 rings (SSSR count). The van der Waals surface area contributed by atoms with Gasteiger partial charge in [-0.25, -0.2) is 4.79 Å². The minimum absolute atomic E-state index is 0.125. The van der Waals surface area contributed by atoms with E-state index in [1.165, 1.54) is 0 Å². The van der Waals surface area contributed by atoms with Crippen LogP contribution in [0.25, 0.3) is 0 Å². The Bertz CT molecular complexity index is 899. The Labute approximate surface area is 197 Å². The zero-order chi connectivity index (χ0) is 24.9. The lowest BCUT2D eigenvalue weighted by Gasteiger charge is -2.33. The fraction of sp³-hybridized carbons (Fsp3) is 0.708. The van der Waals surface area contributed by atoms with Gasteiger partial charge in [0.05, 0.1) is 18.6 Å². The molecule has 0 amide bonds. The van der Waals surface area contributed by atoms with Crippen LogP contribution in [0.1, 0.15) is 32.6 Å². The molecule has 0 aromatic carbocycles. The van der Waals surface area contributed by atoms with Gasteiger partial charge in [0.15, 0.2) is 5.60 Å². The molecule has 0 aromatic rings. The highest BCUT2D eigenvalue weighted by Crippen LogP contribution is 2.53. The Morgan fingerprint density at radius 3 is 2.68 bits per heavy atom. The van der Waals surface area contributed by atoms with Gasteiger partial charge in [-0.3, -0.25) is 14.5 Å². The van der Waals surface area contributed by atoms with Crippen molar-refractivity contribution in [2.45, 2.75) is 62.6 Å². The number of aliphatic carboxylic acids is 1. The minimum Gasteiger partial charge on any atom is -0.480 e. The van der Waals surface area contributed by atoms with E-state index in [1.807, 2.05) is 0 Å². The zero-order valence-corrected chi connectivity index (χ0v) is 19.3. The maximum atomic E-state index is 13.1. The number of nitrogens with zero attached hydrogens (tertiary/aromatic N) is 1. The van der Waals surface area contributed by atoms with Crippen molar-refractivity contribution in [3.05, 3.63) is 24.3 Å². The smallest absolute Gasteiger partial charge is 0.340 e. The van der Waals surface area contributed by atoms with Crippen LogP contribution >= 0.6 is 0 Å². The van der Waals surface area contributed by atoms with Crippen molar-refractivity contribution < 1.29 is 44.3 Å². The molecule has 4 aliphatic rings. The van der Waals surface area contributed by atoms with E-state index in [1.54, 1.807) is 4.90 Å². The lowest BCUT2D eigenvalue weighted by molar-refractivity contribution is -0.177. The third kappa shape index (κ3) is 4.17. The molecule has 4 N–H and O–H groups in total. The van der Waals surface area contributed by atoms with E-state index in [0.29, 0.717) is 31.4 Å². The molecule has 10 nitrogen and oxygen atoms in total. The third-order valence-electron chi connectivity index (χ3n) is 8.02. The highest BCUT2D eigenvalue weighted by Gasteiger charge is 2.60. The van der Waals surface area contributed by atoms with Gasteiger partial charge in [0.1, 0.15) is 18.2 Å². The number of ether oxygens (including phenoxy) is 2. The number of hydrogen-bond acceptors (Lipinski definition) is 9. The number of carboxylic acids is 1. The van der Waals surface area contributed by atoms with E-state index in [4.69, 9.17) is 9.47 Å². The molecule has 2 aliphatic heterocycles. The monoisotopic (exact) mass is 479 g/mol. The van der Waals surface area contributed by atoms with Crippen molar-refractivity contribution in [3.8, 4) is 0 Å². The minimum atomic E-state index is -2.12. The molecule has 0 aromatic heterocycles. The molecule has 2 aliphatic carbocycles. The van der Waals surface area contributed by atoms with E-state index in [-0.39, 0.29) is 18.9 Å². The molecule has 0 radical (unpaired) electrons. The van der Waals surface area contributed by atoms with Gasteiger partial charge in [-0.05, 0) is 44.2 Å². The second-order valence-corrected chi connectivity index (χ2v) is 10.3. The number of aliphatic hydroxyl groups excluding tert-OH is 2. The summed E-state index contributed by atoms with van der Waals surface area (Å²) < 4.78 is 11.5. The Kier molecular flexibility index (Phi) is 6.63. The molecule has 4 fully saturated rings. The molecule has 9 atom stereocenters. The van der Waals surface area contributed by atoms with Crippen molar-refractivity contribution in [1.29, 1.82) is 0 Å². The van der Waals surface area contributed by atoms with Crippen molar-refractivity contribution >= 4 is 17.9 Å². The number of fused-ring (bicyclic) bond motifs is 3. The van der Waals surface area contributed by atoms with Gasteiger partial charge in [0.25, 0.3) is 0 Å². The van der Waals surface area contributed by atoms with Gasteiger partial charge >= 0.3 is 17.9 Å². The summed E-state index contributed by atoms with van der Waals surface area (Å²) in [5.41, 5.74) is -0.868. The van der Waals surface area contributed by atoms with Crippen molar-refractivity contribution in [1.82, 2.24) is 4.90 Å². The summed E-state index contributed by atoms with van der Waals surface area (Å²) in [4.78, 5) is 39.2. The van der Waals surface area contributed by atoms with Crippen LogP contribution in [0, 0.1) is 23.7 Å². The Balaban J connectivity index is 1.69. The van der Waals surface area contributed by atoms with E-state index in [0.717, 1.165) is 12.5 Å². The maximum absolute atomic E-state index is 13.1. The molecule has 2 heterocycles. The van der Waals surface area contributed by atoms with E-state index < -0.39 is 72.2 Å². The number of aliphatic hydroxyl groups is 3. The van der Waals surface area contributed by atoms with Crippen molar-refractivity contribution in [2.75, 3.05) is 19.7 Å². The molecule has 2 saturated carbocycles. The van der Waals surface area contributed by atoms with Crippen LogP contribution in [-0.2, 0) is 23.9 Å². The average Bonchev–Trinajstić information content (AvgIpc) is 3.43. The van der Waals surface area contributed by atoms with Crippen LogP contribution in [0.15, 0.2) is 24.3 Å². The fourth-order valence-electron chi connectivity index (χ4n) is 6.12. The lowest BCUT2D eigenvalue weighted by Crippen LogP contribution is -2.48. The standard InChI is InChI=1S/C24H33NO9/c1-11-7-17(33-23(31)24(3,32)10-26)19-14(9-25-6-4-5-15(25)21(28)29)22(30)34-20(19)18-12(2)16(27)8-13(11)18/h13-20,26-27,32H,1-2,4-10H2,3H3,(H,28,29). The second-order valence-electron chi connectivity index (χ2n) is 10.3. The number of carboxylic acid groups (broad SMARTS) is 1. The Morgan fingerprint density at radius 1 is 1.32 bits per heavy atom. The molecule has 188 valence electrons. The number of likely N-dealkylation sites (tertiary alicyclic amines) is 1. The Hall–Kier alpha value is -2.27. The predicted octanol–water partition coefficient (Wildman–Crippen LogP) is -0.139. The summed E-state index contributed by atoms with van der Waals surface area (Å²) in [6.45, 7) is 9.13. The first-order valence-corrected chi connectivity index (χ1v) is 11.7. The van der Waals surface area contributed by atoms with Gasteiger partial charge in [0.2, 0.25) is 0 Å². The van der Waals surface area contributed by atoms with Crippen LogP contribution in [0.2, 0.25) is 0 Å². The first kappa shape index (κ1) is 24.8. The number of esters is 2. The van der Waals surface area contributed by atoms with E-state index >= 15 is 0 Å². The summed E-state index contributed by atoms with van der Waals surface area (Å²) >= 11 is 0. The fourth-order valence-corrected chi connectivity index (χ4v) is 6.12. The molecule has 34 heavy (non-hydrogen) atoms. The van der Waals surface area contributed by atoms with Crippen molar-refractivity contribution in [3.63, 3.8) is 0 Å². The maximum Gasteiger partial charge on any atom is 0.340 e. The highest BCUT2D eigenvalue weighted by molar-refractivity contribution is 5.80. The summed E-state index contributed by atoms with van der Waals surface area (Å²) in [5.74, 6) is -4.56. The summed E-state index contributed by atoms with van der Waals surface area (Å²) in [6, 6.07) is -0.709. The second kappa shape index (κ2) is 9.07. The van der Waals surface area contributed by atoms with Crippen LogP contribution in [0.4, 0.5) is 0 Å². The lowest BCUT2D eigenvalue weighted by atomic mass is 9.78. The van der Waals surface area contributed by atoms with Crippen LogP contribution < -0.4 is 0 Å². The molecular formula is C24H33NO9. The number of carbonyl (C=O) groups excluding carboxylic acids is 2. The topological polar surface area (TPSA) is 154 Å². The van der Waals surface area contributed by atoms with Crippen molar-refractivity contribution in [2.24, 2.45) is 23.7 Å². The summed E-state index contributed by atoms with van der Waals surface area (Å²) in [7, 11) is 0. The normalized spacial score (nSPS) is 39.7. The average molecular weight is 480 g/mol. The third-order valence-corrected chi connectivity index (χ3v) is 8.02. The number of hydrogen-bond donors (Lipinski definition) is 4.